The smallest absolute Gasteiger partial charge is 0.318 e. The molecule has 11 heteroatoms. The SMILES string of the molecule is CC(=O)C1CCCN1C(=O)N[C@@H](CO)c1nc([C@@H](N)CCC(=O)O)no1. The van der Waals surface area contributed by atoms with E-state index in [9.17, 15) is 19.5 Å². The Kier molecular flexibility index (Phi) is 6.64. The van der Waals surface area contributed by atoms with Crippen LogP contribution in [0.25, 0.3) is 0 Å². The van der Waals surface area contributed by atoms with Gasteiger partial charge in [-0.1, -0.05) is 5.16 Å². The van der Waals surface area contributed by atoms with Crippen molar-refractivity contribution in [2.24, 2.45) is 5.73 Å². The minimum absolute atomic E-state index is 0.0415. The van der Waals surface area contributed by atoms with E-state index in [1.807, 2.05) is 0 Å². The number of nitrogens with one attached hydrogen (secondary N) is 1. The molecule has 3 atom stereocenters. The number of amides is 2. The summed E-state index contributed by atoms with van der Waals surface area (Å²) >= 11 is 0. The van der Waals surface area contributed by atoms with Crippen LogP contribution in [0.3, 0.4) is 0 Å². The average Bonchev–Trinajstić information content (AvgIpc) is 3.26. The zero-order valence-electron chi connectivity index (χ0n) is 14.4. The second-order valence-corrected chi connectivity index (χ2v) is 6.18. The number of aliphatic carboxylic acids is 1. The zero-order chi connectivity index (χ0) is 19.3. The summed E-state index contributed by atoms with van der Waals surface area (Å²) in [5, 5.41) is 24.5. The highest BCUT2D eigenvalue weighted by atomic mass is 16.5. The fourth-order valence-electron chi connectivity index (χ4n) is 2.80. The van der Waals surface area contributed by atoms with E-state index < -0.39 is 36.7 Å². The molecule has 0 radical (unpaired) electrons. The number of nitrogens with two attached hydrogens (primary N) is 1. The van der Waals surface area contributed by atoms with Crippen molar-refractivity contribution in [3.8, 4) is 0 Å². The Morgan fingerprint density at radius 2 is 2.19 bits per heavy atom. The van der Waals surface area contributed by atoms with Gasteiger partial charge in [0.2, 0.25) is 0 Å². The van der Waals surface area contributed by atoms with Crippen molar-refractivity contribution in [2.75, 3.05) is 13.2 Å². The Bertz CT molecular complexity index is 663. The van der Waals surface area contributed by atoms with Gasteiger partial charge in [0.05, 0.1) is 18.7 Å². The highest BCUT2D eigenvalue weighted by Gasteiger charge is 2.33. The Balaban J connectivity index is 2.01. The second kappa shape index (κ2) is 8.72. The fraction of sp³-hybridized carbons (Fsp3) is 0.667. The number of carboxylic acid groups (broad SMARTS) is 1. The standard InChI is InChI=1S/C15H23N5O6/c1-8(22)11-3-2-6-20(11)15(25)17-10(7-21)14-18-13(19-26-14)9(16)4-5-12(23)24/h9-11,21H,2-7,16H2,1H3,(H,17,25)(H,23,24)/t9-,10-,11?/m0/s1. The average molecular weight is 369 g/mol. The summed E-state index contributed by atoms with van der Waals surface area (Å²) in [6.45, 7) is 1.39. The number of aromatic nitrogens is 2. The van der Waals surface area contributed by atoms with Crippen LogP contribution in [0.4, 0.5) is 4.79 Å². The molecular formula is C15H23N5O6. The molecule has 144 valence electrons. The number of hydrogen-bond acceptors (Lipinski definition) is 8. The fourth-order valence-corrected chi connectivity index (χ4v) is 2.80. The number of aliphatic hydroxyl groups excluding tert-OH is 1. The van der Waals surface area contributed by atoms with E-state index in [1.165, 1.54) is 11.8 Å². The summed E-state index contributed by atoms with van der Waals surface area (Å²) in [4.78, 5) is 40.0. The number of ketones is 1. The summed E-state index contributed by atoms with van der Waals surface area (Å²) < 4.78 is 5.03. The van der Waals surface area contributed by atoms with Crippen molar-refractivity contribution in [3.05, 3.63) is 11.7 Å². The van der Waals surface area contributed by atoms with Gasteiger partial charge < -0.3 is 30.7 Å². The third-order valence-corrected chi connectivity index (χ3v) is 4.22. The molecule has 1 aliphatic heterocycles. The van der Waals surface area contributed by atoms with Crippen LogP contribution in [0, 0.1) is 0 Å². The van der Waals surface area contributed by atoms with E-state index in [4.69, 9.17) is 15.4 Å². The molecule has 2 heterocycles. The molecule has 2 amide bonds. The van der Waals surface area contributed by atoms with Crippen molar-refractivity contribution in [1.82, 2.24) is 20.4 Å². The Morgan fingerprint density at radius 3 is 2.81 bits per heavy atom. The van der Waals surface area contributed by atoms with Gasteiger partial charge in [0.15, 0.2) is 11.6 Å². The van der Waals surface area contributed by atoms with E-state index in [1.54, 1.807) is 0 Å². The maximum absolute atomic E-state index is 12.4. The lowest BCUT2D eigenvalue weighted by molar-refractivity contribution is -0.137. The van der Waals surface area contributed by atoms with Crippen LogP contribution in [0.5, 0.6) is 0 Å². The molecule has 0 aromatic carbocycles. The molecule has 0 aliphatic carbocycles. The first-order chi connectivity index (χ1) is 12.3. The summed E-state index contributed by atoms with van der Waals surface area (Å²) in [5.41, 5.74) is 5.81. The van der Waals surface area contributed by atoms with Crippen LogP contribution >= 0.6 is 0 Å². The topological polar surface area (TPSA) is 172 Å². The molecule has 1 aliphatic rings. The van der Waals surface area contributed by atoms with Crippen molar-refractivity contribution in [2.45, 2.75) is 50.7 Å². The van der Waals surface area contributed by atoms with Gasteiger partial charge in [0.1, 0.15) is 6.04 Å². The summed E-state index contributed by atoms with van der Waals surface area (Å²) in [6, 6.07) is -2.67. The van der Waals surface area contributed by atoms with Crippen molar-refractivity contribution < 1.29 is 29.1 Å². The van der Waals surface area contributed by atoms with Crippen LogP contribution in [0.15, 0.2) is 4.52 Å². The van der Waals surface area contributed by atoms with Crippen LogP contribution in [-0.4, -0.2) is 62.2 Å². The van der Waals surface area contributed by atoms with E-state index in [0.29, 0.717) is 13.0 Å². The molecule has 0 bridgehead atoms. The number of likely N-dealkylation sites (tertiary alicyclic amines) is 1. The van der Waals surface area contributed by atoms with Gasteiger partial charge in [-0.05, 0) is 26.2 Å². The van der Waals surface area contributed by atoms with E-state index in [2.05, 4.69) is 15.5 Å². The molecule has 0 spiro atoms. The summed E-state index contributed by atoms with van der Waals surface area (Å²) in [5.74, 6) is -1.03. The second-order valence-electron chi connectivity index (χ2n) is 6.18. The lowest BCUT2D eigenvalue weighted by atomic mass is 10.1. The van der Waals surface area contributed by atoms with Crippen LogP contribution < -0.4 is 11.1 Å². The third-order valence-electron chi connectivity index (χ3n) is 4.22. The quantitative estimate of drug-likeness (QED) is 0.481. The van der Waals surface area contributed by atoms with Gasteiger partial charge >= 0.3 is 12.0 Å². The molecule has 1 fully saturated rings. The number of aliphatic hydroxyl groups is 1. The van der Waals surface area contributed by atoms with Crippen molar-refractivity contribution in [3.63, 3.8) is 0 Å². The molecule has 1 aromatic rings. The maximum Gasteiger partial charge on any atom is 0.318 e. The van der Waals surface area contributed by atoms with E-state index in [0.717, 1.165) is 6.42 Å². The number of carbonyl (C=O) groups is 3. The monoisotopic (exact) mass is 369 g/mol. The van der Waals surface area contributed by atoms with Gasteiger partial charge in [-0.2, -0.15) is 4.98 Å². The maximum atomic E-state index is 12.4. The van der Waals surface area contributed by atoms with E-state index >= 15 is 0 Å². The minimum Gasteiger partial charge on any atom is -0.481 e. The molecule has 1 unspecified atom stereocenters. The van der Waals surface area contributed by atoms with Crippen LogP contribution in [0.2, 0.25) is 0 Å². The van der Waals surface area contributed by atoms with Gasteiger partial charge in [-0.3, -0.25) is 9.59 Å². The van der Waals surface area contributed by atoms with Gasteiger partial charge in [-0.25, -0.2) is 4.79 Å². The lowest BCUT2D eigenvalue weighted by Gasteiger charge is -2.24. The molecule has 11 nitrogen and oxygen atoms in total. The summed E-state index contributed by atoms with van der Waals surface area (Å²) in [6.07, 6.45) is 1.31. The number of Topliss-reactive ketones (excluding diaryl/α,β-unsaturated/α-hetero) is 1. The third kappa shape index (κ3) is 4.76. The predicted molar refractivity (Wildman–Crippen MR) is 86.9 cm³/mol. The van der Waals surface area contributed by atoms with Crippen molar-refractivity contribution >= 4 is 17.8 Å². The highest BCUT2D eigenvalue weighted by Crippen LogP contribution is 2.20. The lowest BCUT2D eigenvalue weighted by Crippen LogP contribution is -2.47. The molecule has 1 aromatic heterocycles. The molecule has 1 saturated heterocycles. The first kappa shape index (κ1) is 19.8. The van der Waals surface area contributed by atoms with Gasteiger partial charge in [-0.15, -0.1) is 0 Å². The van der Waals surface area contributed by atoms with Crippen molar-refractivity contribution in [1.29, 1.82) is 0 Å². The number of nitrogens with zero attached hydrogens (tertiary/aromatic N) is 3. The number of rotatable bonds is 8. The number of hydrogen-bond donors (Lipinski definition) is 4. The molecular weight excluding hydrogens is 346 g/mol. The number of carboxylic acids is 1. The van der Waals surface area contributed by atoms with Gasteiger partial charge in [0.25, 0.3) is 5.89 Å². The highest BCUT2D eigenvalue weighted by molar-refractivity contribution is 5.87. The Morgan fingerprint density at radius 1 is 1.46 bits per heavy atom. The normalized spacial score (nSPS) is 19.2. The first-order valence-electron chi connectivity index (χ1n) is 8.32. The molecule has 2 rings (SSSR count). The zero-order valence-corrected chi connectivity index (χ0v) is 14.4. The minimum atomic E-state index is -0.990. The predicted octanol–water partition coefficient (Wildman–Crippen LogP) is -0.269. The Hall–Kier alpha value is -2.53. The largest absolute Gasteiger partial charge is 0.481 e. The van der Waals surface area contributed by atoms with E-state index in [-0.39, 0.29) is 30.3 Å². The first-order valence-corrected chi connectivity index (χ1v) is 8.32. The molecule has 0 saturated carbocycles. The molecule has 5 N–H and O–H groups in total. The number of carbonyl (C=O) groups excluding carboxylic acids is 2. The molecule has 26 heavy (non-hydrogen) atoms. The number of urea groups is 1. The van der Waals surface area contributed by atoms with Gasteiger partial charge in [0, 0.05) is 13.0 Å². The Labute approximate surface area is 149 Å². The van der Waals surface area contributed by atoms with Crippen LogP contribution in [-0.2, 0) is 9.59 Å². The van der Waals surface area contributed by atoms with Crippen LogP contribution in [0.1, 0.15) is 56.4 Å². The summed E-state index contributed by atoms with van der Waals surface area (Å²) in [7, 11) is 0.